The van der Waals surface area contributed by atoms with Gasteiger partial charge in [0.15, 0.2) is 0 Å². The van der Waals surface area contributed by atoms with Crippen LogP contribution in [0.1, 0.15) is 26.2 Å². The second kappa shape index (κ2) is 2.87. The molecular formula is C7H12ClF. The van der Waals surface area contributed by atoms with Crippen LogP contribution in [0.4, 0.5) is 4.39 Å². The van der Waals surface area contributed by atoms with Gasteiger partial charge in [-0.3, -0.25) is 0 Å². The molecule has 3 unspecified atom stereocenters. The molecule has 0 spiro atoms. The summed E-state index contributed by atoms with van der Waals surface area (Å²) in [5.41, 5.74) is 0. The first-order chi connectivity index (χ1) is 4.20. The summed E-state index contributed by atoms with van der Waals surface area (Å²) in [6.45, 7) is 1.93. The van der Waals surface area contributed by atoms with Gasteiger partial charge < -0.3 is 0 Å². The Labute approximate surface area is 60.4 Å². The van der Waals surface area contributed by atoms with Crippen molar-refractivity contribution in [3.8, 4) is 0 Å². The van der Waals surface area contributed by atoms with Crippen LogP contribution in [0.15, 0.2) is 0 Å². The monoisotopic (exact) mass is 150 g/mol. The van der Waals surface area contributed by atoms with Crippen molar-refractivity contribution in [1.82, 2.24) is 0 Å². The number of alkyl halides is 2. The molecule has 0 amide bonds. The Kier molecular flexibility index (Phi) is 2.34. The van der Waals surface area contributed by atoms with Crippen LogP contribution >= 0.6 is 11.6 Å². The second-order valence-corrected chi connectivity index (χ2v) is 3.52. The van der Waals surface area contributed by atoms with Gasteiger partial charge >= 0.3 is 0 Å². The van der Waals surface area contributed by atoms with Crippen molar-refractivity contribution in [2.45, 2.75) is 37.7 Å². The fraction of sp³-hybridized carbons (Fsp3) is 1.00. The van der Waals surface area contributed by atoms with Crippen LogP contribution in [0.2, 0.25) is 0 Å². The third kappa shape index (κ3) is 1.82. The zero-order valence-electron chi connectivity index (χ0n) is 5.61. The van der Waals surface area contributed by atoms with Crippen LogP contribution in [-0.4, -0.2) is 11.5 Å². The van der Waals surface area contributed by atoms with Crippen molar-refractivity contribution in [2.24, 2.45) is 5.92 Å². The van der Waals surface area contributed by atoms with E-state index >= 15 is 0 Å². The lowest BCUT2D eigenvalue weighted by molar-refractivity contribution is 0.182. The largest absolute Gasteiger partial charge is 0.247 e. The number of rotatable bonds is 0. The molecule has 1 aliphatic carbocycles. The van der Waals surface area contributed by atoms with Crippen LogP contribution < -0.4 is 0 Å². The Hall–Kier alpha value is 0.220. The fourth-order valence-electron chi connectivity index (χ4n) is 1.29. The summed E-state index contributed by atoms with van der Waals surface area (Å²) >= 11 is 5.81. The minimum Gasteiger partial charge on any atom is -0.247 e. The summed E-state index contributed by atoms with van der Waals surface area (Å²) in [7, 11) is 0. The molecule has 0 aromatic carbocycles. The third-order valence-corrected chi connectivity index (χ3v) is 2.40. The van der Waals surface area contributed by atoms with Gasteiger partial charge in [-0.05, 0) is 25.2 Å². The summed E-state index contributed by atoms with van der Waals surface area (Å²) in [6.07, 6.45) is 1.77. The maximum absolute atomic E-state index is 12.7. The van der Waals surface area contributed by atoms with E-state index in [0.717, 1.165) is 12.8 Å². The Morgan fingerprint density at radius 2 is 2.11 bits per heavy atom. The lowest BCUT2D eigenvalue weighted by Crippen LogP contribution is -2.23. The first-order valence-corrected chi connectivity index (χ1v) is 3.92. The van der Waals surface area contributed by atoms with Crippen molar-refractivity contribution in [3.63, 3.8) is 0 Å². The van der Waals surface area contributed by atoms with Gasteiger partial charge in [-0.25, -0.2) is 4.39 Å². The lowest BCUT2D eigenvalue weighted by Gasteiger charge is -2.25. The highest BCUT2D eigenvalue weighted by Gasteiger charge is 2.25. The fourth-order valence-corrected chi connectivity index (χ4v) is 1.70. The highest BCUT2D eigenvalue weighted by molar-refractivity contribution is 6.20. The molecule has 54 valence electrons. The van der Waals surface area contributed by atoms with Crippen molar-refractivity contribution in [2.75, 3.05) is 0 Å². The molecule has 0 heterocycles. The standard InChI is InChI=1S/C7H12ClF/c1-5-4-6(8)2-3-7(5)9/h5-7H,2-4H2,1H3. The van der Waals surface area contributed by atoms with E-state index in [-0.39, 0.29) is 11.3 Å². The van der Waals surface area contributed by atoms with Gasteiger partial charge in [0, 0.05) is 5.38 Å². The summed E-state index contributed by atoms with van der Waals surface area (Å²) in [5, 5.41) is 0.229. The number of hydrogen-bond donors (Lipinski definition) is 0. The molecule has 0 nitrogen and oxygen atoms in total. The number of halogens is 2. The maximum Gasteiger partial charge on any atom is 0.103 e. The summed E-state index contributed by atoms with van der Waals surface area (Å²) < 4.78 is 12.7. The van der Waals surface area contributed by atoms with E-state index in [9.17, 15) is 4.39 Å². The normalized spacial score (nSPS) is 45.0. The van der Waals surface area contributed by atoms with Gasteiger partial charge in [0.05, 0.1) is 0 Å². The summed E-state index contributed by atoms with van der Waals surface area (Å²) in [6, 6.07) is 0. The molecule has 0 aromatic rings. The molecular weight excluding hydrogens is 139 g/mol. The quantitative estimate of drug-likeness (QED) is 0.466. The smallest absolute Gasteiger partial charge is 0.103 e. The third-order valence-electron chi connectivity index (χ3n) is 2.00. The average Bonchev–Trinajstić information content (AvgIpc) is 1.80. The van der Waals surface area contributed by atoms with Crippen molar-refractivity contribution < 1.29 is 4.39 Å². The molecule has 9 heavy (non-hydrogen) atoms. The minimum atomic E-state index is -0.597. The topological polar surface area (TPSA) is 0 Å². The predicted octanol–water partition coefficient (Wildman–Crippen LogP) is 2.75. The van der Waals surface area contributed by atoms with E-state index in [1.807, 2.05) is 6.92 Å². The van der Waals surface area contributed by atoms with Gasteiger partial charge in [0.2, 0.25) is 0 Å². The summed E-state index contributed by atoms with van der Waals surface area (Å²) in [5.74, 6) is 0.182. The van der Waals surface area contributed by atoms with Gasteiger partial charge in [-0.1, -0.05) is 6.92 Å². The molecule has 0 radical (unpaired) electrons. The highest BCUT2D eigenvalue weighted by Crippen LogP contribution is 2.29. The van der Waals surface area contributed by atoms with E-state index in [1.54, 1.807) is 0 Å². The average molecular weight is 151 g/mol. The van der Waals surface area contributed by atoms with E-state index in [2.05, 4.69) is 0 Å². The molecule has 0 aliphatic heterocycles. The second-order valence-electron chi connectivity index (χ2n) is 2.90. The summed E-state index contributed by atoms with van der Waals surface area (Å²) in [4.78, 5) is 0. The predicted molar refractivity (Wildman–Crippen MR) is 37.6 cm³/mol. The zero-order valence-corrected chi connectivity index (χ0v) is 6.37. The van der Waals surface area contributed by atoms with Gasteiger partial charge in [0.25, 0.3) is 0 Å². The van der Waals surface area contributed by atoms with E-state index < -0.39 is 6.17 Å². The molecule has 1 saturated carbocycles. The van der Waals surface area contributed by atoms with E-state index in [4.69, 9.17) is 11.6 Å². The highest BCUT2D eigenvalue weighted by atomic mass is 35.5. The van der Waals surface area contributed by atoms with Crippen molar-refractivity contribution in [1.29, 1.82) is 0 Å². The molecule has 1 fully saturated rings. The van der Waals surface area contributed by atoms with Crippen LogP contribution in [0.3, 0.4) is 0 Å². The van der Waals surface area contributed by atoms with E-state index in [0.29, 0.717) is 6.42 Å². The molecule has 0 aromatic heterocycles. The lowest BCUT2D eigenvalue weighted by atomic mass is 9.89. The Morgan fingerprint density at radius 3 is 2.56 bits per heavy atom. The molecule has 0 saturated heterocycles. The van der Waals surface area contributed by atoms with E-state index in [1.165, 1.54) is 0 Å². The molecule has 1 aliphatic rings. The first kappa shape index (κ1) is 7.33. The molecule has 0 bridgehead atoms. The van der Waals surface area contributed by atoms with Gasteiger partial charge in [-0.2, -0.15) is 0 Å². The maximum atomic E-state index is 12.7. The Bertz CT molecular complexity index is 94.9. The molecule has 2 heteroatoms. The first-order valence-electron chi connectivity index (χ1n) is 3.48. The Balaban J connectivity index is 2.35. The molecule has 0 N–H and O–H groups in total. The van der Waals surface area contributed by atoms with Crippen LogP contribution in [0.5, 0.6) is 0 Å². The van der Waals surface area contributed by atoms with Gasteiger partial charge in [-0.15, -0.1) is 11.6 Å². The minimum absolute atomic E-state index is 0.182. The van der Waals surface area contributed by atoms with Crippen LogP contribution in [0.25, 0.3) is 0 Å². The molecule has 1 rings (SSSR count). The van der Waals surface area contributed by atoms with Gasteiger partial charge in [0.1, 0.15) is 6.17 Å². The molecule has 3 atom stereocenters. The zero-order chi connectivity index (χ0) is 6.85. The number of hydrogen-bond acceptors (Lipinski definition) is 0. The van der Waals surface area contributed by atoms with Crippen LogP contribution in [-0.2, 0) is 0 Å². The van der Waals surface area contributed by atoms with Crippen LogP contribution in [0, 0.1) is 5.92 Å². The SMILES string of the molecule is CC1CC(Cl)CCC1F. The van der Waals surface area contributed by atoms with Crippen molar-refractivity contribution >= 4 is 11.6 Å². The van der Waals surface area contributed by atoms with Crippen molar-refractivity contribution in [3.05, 3.63) is 0 Å². The Morgan fingerprint density at radius 1 is 1.44 bits per heavy atom.